The minimum Gasteiger partial charge on any atom is -0.491 e. The molecular weight excluding hydrogens is 340 g/mol. The number of carbonyl (C=O) groups is 1. The maximum absolute atomic E-state index is 12.5. The highest BCUT2D eigenvalue weighted by Gasteiger charge is 2.19. The van der Waals surface area contributed by atoms with Crippen molar-refractivity contribution in [1.29, 1.82) is 0 Å². The molecule has 0 radical (unpaired) electrons. The van der Waals surface area contributed by atoms with E-state index < -0.39 is 0 Å². The van der Waals surface area contributed by atoms with E-state index in [-0.39, 0.29) is 12.1 Å². The zero-order chi connectivity index (χ0) is 18.2. The van der Waals surface area contributed by atoms with Crippen molar-refractivity contribution in [3.63, 3.8) is 0 Å². The Morgan fingerprint density at radius 1 is 1.16 bits per heavy atom. The fraction of sp³-hybridized carbons (Fsp3) is 0.316. The van der Waals surface area contributed by atoms with E-state index in [4.69, 9.17) is 21.1 Å². The van der Waals surface area contributed by atoms with Crippen LogP contribution in [-0.4, -0.2) is 38.3 Å². The zero-order valence-corrected chi connectivity index (χ0v) is 15.4. The van der Waals surface area contributed by atoms with Crippen molar-refractivity contribution in [2.75, 3.05) is 32.7 Å². The molecule has 0 aliphatic rings. The lowest BCUT2D eigenvalue weighted by atomic mass is 10.1. The van der Waals surface area contributed by atoms with Gasteiger partial charge in [0.15, 0.2) is 0 Å². The number of hydrogen-bond acceptors (Lipinski definition) is 3. The molecule has 2 rings (SSSR count). The van der Waals surface area contributed by atoms with Crippen LogP contribution in [0.4, 0.5) is 10.5 Å². The lowest BCUT2D eigenvalue weighted by molar-refractivity contribution is 0.146. The fourth-order valence-electron chi connectivity index (χ4n) is 2.29. The summed E-state index contributed by atoms with van der Waals surface area (Å²) < 4.78 is 10.4. The topological polar surface area (TPSA) is 50.8 Å². The van der Waals surface area contributed by atoms with Gasteiger partial charge in [0.25, 0.3) is 0 Å². The van der Waals surface area contributed by atoms with E-state index >= 15 is 0 Å². The number of urea groups is 1. The number of anilines is 1. The molecule has 6 heteroatoms. The van der Waals surface area contributed by atoms with E-state index in [1.165, 1.54) is 0 Å². The average molecular weight is 363 g/mol. The van der Waals surface area contributed by atoms with E-state index in [0.29, 0.717) is 23.9 Å². The quantitative estimate of drug-likeness (QED) is 0.733. The number of nitrogens with zero attached hydrogens (tertiary/aromatic N) is 1. The number of methoxy groups -OCH3 is 1. The first kappa shape index (κ1) is 19.1. The number of amides is 2. The van der Waals surface area contributed by atoms with Gasteiger partial charge in [0.05, 0.1) is 12.6 Å². The van der Waals surface area contributed by atoms with Crippen LogP contribution in [0.5, 0.6) is 5.75 Å². The minimum atomic E-state index is -0.208. The first-order valence-electron chi connectivity index (χ1n) is 8.03. The summed E-state index contributed by atoms with van der Waals surface area (Å²) in [5.74, 6) is 0.729. The van der Waals surface area contributed by atoms with Crippen molar-refractivity contribution in [2.24, 2.45) is 0 Å². The Kier molecular flexibility index (Phi) is 7.10. The molecule has 0 spiro atoms. The third-order valence-electron chi connectivity index (χ3n) is 3.92. The summed E-state index contributed by atoms with van der Waals surface area (Å²) in [5, 5.41) is 3.52. The highest BCUT2D eigenvalue weighted by Crippen LogP contribution is 2.26. The summed E-state index contributed by atoms with van der Waals surface area (Å²) in [4.78, 5) is 14.1. The lowest BCUT2D eigenvalue weighted by Gasteiger charge is -2.26. The Bertz CT molecular complexity index is 691. The Balaban J connectivity index is 1.95. The molecule has 5 nitrogen and oxygen atoms in total. The van der Waals surface area contributed by atoms with E-state index in [9.17, 15) is 4.79 Å². The molecule has 2 aromatic rings. The highest BCUT2D eigenvalue weighted by molar-refractivity contribution is 6.31. The molecule has 0 saturated carbocycles. The SMILES string of the molecule is COCCOc1ccc(NC(=O)N(C)C(C)c2ccccc2Cl)cc1. The normalized spacial score (nSPS) is 11.7. The third-order valence-corrected chi connectivity index (χ3v) is 4.26. The second-order valence-electron chi connectivity index (χ2n) is 5.60. The summed E-state index contributed by atoms with van der Waals surface area (Å²) >= 11 is 6.22. The maximum atomic E-state index is 12.5. The van der Waals surface area contributed by atoms with Gasteiger partial charge in [-0.05, 0) is 42.8 Å². The number of hydrogen-bond donors (Lipinski definition) is 1. The van der Waals surface area contributed by atoms with Crippen molar-refractivity contribution in [2.45, 2.75) is 13.0 Å². The number of halogens is 1. The average Bonchev–Trinajstić information content (AvgIpc) is 2.62. The van der Waals surface area contributed by atoms with Crippen molar-refractivity contribution < 1.29 is 14.3 Å². The van der Waals surface area contributed by atoms with E-state index in [1.54, 1.807) is 31.2 Å². The van der Waals surface area contributed by atoms with Crippen LogP contribution in [0.1, 0.15) is 18.5 Å². The third kappa shape index (κ3) is 5.37. The van der Waals surface area contributed by atoms with Gasteiger partial charge < -0.3 is 19.7 Å². The predicted molar refractivity (Wildman–Crippen MR) is 100 cm³/mol. The van der Waals surface area contributed by atoms with Crippen molar-refractivity contribution in [3.05, 3.63) is 59.1 Å². The van der Waals surface area contributed by atoms with Crippen LogP contribution < -0.4 is 10.1 Å². The Labute approximate surface area is 153 Å². The predicted octanol–water partition coefficient (Wildman–Crippen LogP) is 4.59. The highest BCUT2D eigenvalue weighted by atomic mass is 35.5. The molecule has 0 fully saturated rings. The fourth-order valence-corrected chi connectivity index (χ4v) is 2.58. The number of nitrogens with one attached hydrogen (secondary N) is 1. The maximum Gasteiger partial charge on any atom is 0.322 e. The van der Waals surface area contributed by atoms with Crippen LogP contribution in [0.2, 0.25) is 5.02 Å². The molecule has 0 aliphatic carbocycles. The lowest BCUT2D eigenvalue weighted by Crippen LogP contribution is -2.33. The van der Waals surface area contributed by atoms with Gasteiger partial charge in [0.2, 0.25) is 0 Å². The molecule has 2 aromatic carbocycles. The molecule has 134 valence electrons. The molecule has 25 heavy (non-hydrogen) atoms. The zero-order valence-electron chi connectivity index (χ0n) is 14.7. The molecule has 0 heterocycles. The molecule has 0 aromatic heterocycles. The van der Waals surface area contributed by atoms with Crippen LogP contribution in [0.15, 0.2) is 48.5 Å². The first-order chi connectivity index (χ1) is 12.0. The Morgan fingerprint density at radius 3 is 2.48 bits per heavy atom. The standard InChI is InChI=1S/C19H23ClN2O3/c1-14(17-6-4-5-7-18(17)20)22(2)19(23)21-15-8-10-16(11-9-15)25-13-12-24-3/h4-11,14H,12-13H2,1-3H3,(H,21,23). The molecule has 1 N–H and O–H groups in total. The number of benzene rings is 2. The molecular formula is C19H23ClN2O3. The van der Waals surface area contributed by atoms with Crippen LogP contribution in [0.25, 0.3) is 0 Å². The summed E-state index contributed by atoms with van der Waals surface area (Å²) in [6.07, 6.45) is 0. The Morgan fingerprint density at radius 2 is 1.84 bits per heavy atom. The molecule has 2 amide bonds. The second-order valence-corrected chi connectivity index (χ2v) is 6.01. The smallest absolute Gasteiger partial charge is 0.322 e. The van der Waals surface area contributed by atoms with Gasteiger partial charge in [-0.1, -0.05) is 29.8 Å². The summed E-state index contributed by atoms with van der Waals surface area (Å²) in [6.45, 7) is 2.96. The molecule has 1 atom stereocenters. The summed E-state index contributed by atoms with van der Waals surface area (Å²) in [7, 11) is 3.37. The van der Waals surface area contributed by atoms with Gasteiger partial charge in [0, 0.05) is 24.9 Å². The van der Waals surface area contributed by atoms with Crippen molar-refractivity contribution >= 4 is 23.3 Å². The van der Waals surface area contributed by atoms with Gasteiger partial charge in [-0.2, -0.15) is 0 Å². The van der Waals surface area contributed by atoms with Crippen LogP contribution in [-0.2, 0) is 4.74 Å². The molecule has 0 saturated heterocycles. The van der Waals surface area contributed by atoms with Gasteiger partial charge in [-0.15, -0.1) is 0 Å². The van der Waals surface area contributed by atoms with E-state index in [2.05, 4.69) is 5.32 Å². The van der Waals surface area contributed by atoms with E-state index in [1.807, 2.05) is 43.3 Å². The van der Waals surface area contributed by atoms with Gasteiger partial charge in [0.1, 0.15) is 12.4 Å². The number of carbonyl (C=O) groups excluding carboxylic acids is 1. The monoisotopic (exact) mass is 362 g/mol. The summed E-state index contributed by atoms with van der Waals surface area (Å²) in [5.41, 5.74) is 1.60. The first-order valence-corrected chi connectivity index (χ1v) is 8.40. The van der Waals surface area contributed by atoms with Gasteiger partial charge in [-0.3, -0.25) is 0 Å². The second kappa shape index (κ2) is 9.30. The van der Waals surface area contributed by atoms with Crippen molar-refractivity contribution in [1.82, 2.24) is 4.90 Å². The van der Waals surface area contributed by atoms with Crippen LogP contribution >= 0.6 is 11.6 Å². The Hall–Kier alpha value is -2.24. The number of rotatable bonds is 7. The van der Waals surface area contributed by atoms with Crippen molar-refractivity contribution in [3.8, 4) is 5.75 Å². The summed E-state index contributed by atoms with van der Waals surface area (Å²) in [6, 6.07) is 14.4. The molecule has 1 unspecified atom stereocenters. The molecule has 0 bridgehead atoms. The van der Waals surface area contributed by atoms with Crippen LogP contribution in [0.3, 0.4) is 0 Å². The molecule has 0 aliphatic heterocycles. The largest absolute Gasteiger partial charge is 0.491 e. The minimum absolute atomic E-state index is 0.148. The number of ether oxygens (including phenoxy) is 2. The van der Waals surface area contributed by atoms with Gasteiger partial charge in [-0.25, -0.2) is 4.79 Å². The van der Waals surface area contributed by atoms with Crippen LogP contribution in [0, 0.1) is 0 Å². The van der Waals surface area contributed by atoms with E-state index in [0.717, 1.165) is 11.3 Å². The van der Waals surface area contributed by atoms with Gasteiger partial charge >= 0.3 is 6.03 Å².